The number of thiazole rings is 1. The van der Waals surface area contributed by atoms with Crippen molar-refractivity contribution in [2.45, 2.75) is 39.0 Å². The summed E-state index contributed by atoms with van der Waals surface area (Å²) in [6.07, 6.45) is -1.75. The molecule has 2 amide bonds. The molecule has 5 rings (SSSR count). The van der Waals surface area contributed by atoms with E-state index >= 15 is 4.39 Å². The first-order chi connectivity index (χ1) is 17.9. The molecule has 3 heterocycles. The van der Waals surface area contributed by atoms with Gasteiger partial charge in [0.15, 0.2) is 5.13 Å². The summed E-state index contributed by atoms with van der Waals surface area (Å²) in [5, 5.41) is 12.0. The van der Waals surface area contributed by atoms with Crippen molar-refractivity contribution >= 4 is 50.5 Å². The average molecular weight is 567 g/mol. The van der Waals surface area contributed by atoms with E-state index in [1.54, 1.807) is 20.8 Å². The van der Waals surface area contributed by atoms with E-state index < -0.39 is 29.4 Å². The lowest BCUT2D eigenvalue weighted by Gasteiger charge is -2.38. The molecular weight excluding hydrogens is 542 g/mol. The largest absolute Gasteiger partial charge is 0.490 e. The number of rotatable bonds is 2. The second-order valence-corrected chi connectivity index (χ2v) is 11.5. The number of nitrogens with zero attached hydrogens (tertiary/aromatic N) is 3. The molecule has 0 aliphatic carbocycles. The van der Waals surface area contributed by atoms with E-state index in [9.17, 15) is 19.1 Å². The van der Waals surface area contributed by atoms with E-state index in [0.29, 0.717) is 30.9 Å². The predicted molar refractivity (Wildman–Crippen MR) is 139 cm³/mol. The molecule has 0 radical (unpaired) electrons. The van der Waals surface area contributed by atoms with Crippen LogP contribution in [0.25, 0.3) is 21.3 Å². The SMILES string of the molecule is CC(C)(C)OC(=O)Nc1nc2c(-c3c(F)cc4c(c3Cl)OC[C@@H]3CN(C(=O)O)CCN3C4)ccc(F)c2s1. The summed E-state index contributed by atoms with van der Waals surface area (Å²) in [4.78, 5) is 31.4. The molecule has 38 heavy (non-hydrogen) atoms. The Bertz CT molecular complexity index is 1440. The molecule has 1 aromatic heterocycles. The molecule has 1 saturated heterocycles. The molecule has 2 N–H and O–H groups in total. The highest BCUT2D eigenvalue weighted by molar-refractivity contribution is 7.22. The molecule has 0 bridgehead atoms. The van der Waals surface area contributed by atoms with Crippen LogP contribution in [-0.2, 0) is 11.3 Å². The third kappa shape index (κ3) is 5.07. The number of ether oxygens (including phenoxy) is 2. The number of hydrogen-bond acceptors (Lipinski definition) is 7. The van der Waals surface area contributed by atoms with E-state index in [-0.39, 0.29) is 50.7 Å². The summed E-state index contributed by atoms with van der Waals surface area (Å²) in [5.74, 6) is -0.928. The maximum Gasteiger partial charge on any atom is 0.413 e. The van der Waals surface area contributed by atoms with Gasteiger partial charge in [0.2, 0.25) is 0 Å². The van der Waals surface area contributed by atoms with Crippen molar-refractivity contribution in [1.29, 1.82) is 0 Å². The normalized spacial score (nSPS) is 17.8. The minimum Gasteiger partial charge on any atom is -0.490 e. The van der Waals surface area contributed by atoms with E-state index in [1.165, 1.54) is 23.1 Å². The number of benzene rings is 2. The van der Waals surface area contributed by atoms with E-state index in [4.69, 9.17) is 21.1 Å². The van der Waals surface area contributed by atoms with Crippen LogP contribution in [0.3, 0.4) is 0 Å². The number of carbonyl (C=O) groups excluding carboxylic acids is 1. The molecule has 1 atom stereocenters. The number of carbonyl (C=O) groups is 2. The number of aromatic nitrogens is 1. The molecular formula is C25H25ClF2N4O5S. The van der Waals surface area contributed by atoms with Crippen molar-refractivity contribution in [3.63, 3.8) is 0 Å². The third-order valence-corrected chi connectivity index (χ3v) is 7.63. The number of fused-ring (bicyclic) bond motifs is 3. The lowest BCUT2D eigenvalue weighted by atomic mass is 10.0. The lowest BCUT2D eigenvalue weighted by molar-refractivity contribution is 0.0503. The van der Waals surface area contributed by atoms with Gasteiger partial charge in [-0.1, -0.05) is 22.9 Å². The van der Waals surface area contributed by atoms with Crippen molar-refractivity contribution in [1.82, 2.24) is 14.8 Å². The summed E-state index contributed by atoms with van der Waals surface area (Å²) in [7, 11) is 0. The van der Waals surface area contributed by atoms with Gasteiger partial charge in [-0.25, -0.2) is 23.4 Å². The van der Waals surface area contributed by atoms with Crippen LogP contribution < -0.4 is 10.1 Å². The third-order valence-electron chi connectivity index (χ3n) is 6.29. The van der Waals surface area contributed by atoms with E-state index in [1.807, 2.05) is 4.90 Å². The molecule has 2 aliphatic heterocycles. The van der Waals surface area contributed by atoms with Gasteiger partial charge in [0, 0.05) is 42.9 Å². The smallest absolute Gasteiger partial charge is 0.413 e. The van der Waals surface area contributed by atoms with Gasteiger partial charge in [0.1, 0.15) is 29.6 Å². The van der Waals surface area contributed by atoms with E-state index in [0.717, 1.165) is 11.3 Å². The molecule has 9 nitrogen and oxygen atoms in total. The van der Waals surface area contributed by atoms with Crippen LogP contribution in [0.2, 0.25) is 5.02 Å². The average Bonchev–Trinajstić information content (AvgIpc) is 3.14. The highest BCUT2D eigenvalue weighted by atomic mass is 35.5. The van der Waals surface area contributed by atoms with Gasteiger partial charge in [-0.2, -0.15) is 0 Å². The molecule has 0 saturated carbocycles. The van der Waals surface area contributed by atoms with Crippen molar-refractivity contribution in [2.24, 2.45) is 0 Å². The molecule has 0 unspecified atom stereocenters. The second kappa shape index (κ2) is 9.83. The number of anilines is 1. The zero-order valence-electron chi connectivity index (χ0n) is 20.8. The van der Waals surface area contributed by atoms with Crippen molar-refractivity contribution in [3.8, 4) is 16.9 Å². The molecule has 13 heteroatoms. The molecule has 202 valence electrons. The zero-order chi connectivity index (χ0) is 27.4. The minimum absolute atomic E-state index is 0.00318. The van der Waals surface area contributed by atoms with Crippen LogP contribution in [0.5, 0.6) is 5.75 Å². The van der Waals surface area contributed by atoms with Gasteiger partial charge in [-0.15, -0.1) is 0 Å². The number of nitrogens with one attached hydrogen (secondary N) is 1. The van der Waals surface area contributed by atoms with Crippen LogP contribution in [0.1, 0.15) is 26.3 Å². The minimum atomic E-state index is -0.998. The molecule has 2 aromatic carbocycles. The zero-order valence-corrected chi connectivity index (χ0v) is 22.4. The summed E-state index contributed by atoms with van der Waals surface area (Å²) in [6.45, 7) is 6.72. The van der Waals surface area contributed by atoms with Crippen LogP contribution in [0.15, 0.2) is 18.2 Å². The quantitative estimate of drug-likeness (QED) is 0.404. The van der Waals surface area contributed by atoms with Crippen LogP contribution in [0, 0.1) is 11.6 Å². The van der Waals surface area contributed by atoms with Crippen LogP contribution in [-0.4, -0.2) is 70.0 Å². The Kier molecular flexibility index (Phi) is 6.82. The summed E-state index contributed by atoms with van der Waals surface area (Å²) < 4.78 is 41.7. The highest BCUT2D eigenvalue weighted by Crippen LogP contribution is 2.45. The first kappa shape index (κ1) is 26.4. The first-order valence-electron chi connectivity index (χ1n) is 11.9. The number of carboxylic acid groups (broad SMARTS) is 1. The Labute approximate surface area is 225 Å². The number of amides is 2. The summed E-state index contributed by atoms with van der Waals surface area (Å²) >= 11 is 7.62. The monoisotopic (exact) mass is 566 g/mol. The highest BCUT2D eigenvalue weighted by Gasteiger charge is 2.34. The number of halogens is 3. The van der Waals surface area contributed by atoms with Crippen molar-refractivity contribution in [2.75, 3.05) is 31.6 Å². The topological polar surface area (TPSA) is 104 Å². The molecule has 3 aromatic rings. The van der Waals surface area contributed by atoms with Gasteiger partial charge < -0.3 is 19.5 Å². The lowest BCUT2D eigenvalue weighted by Crippen LogP contribution is -2.55. The van der Waals surface area contributed by atoms with Gasteiger partial charge in [0.25, 0.3) is 0 Å². The summed E-state index contributed by atoms with van der Waals surface area (Å²) in [5.41, 5.74) is 0.158. The van der Waals surface area contributed by atoms with Gasteiger partial charge in [-0.3, -0.25) is 10.2 Å². The maximum absolute atomic E-state index is 15.6. The Hall–Kier alpha value is -3.22. The fourth-order valence-electron chi connectivity index (χ4n) is 4.62. The maximum atomic E-state index is 15.6. The molecule has 0 spiro atoms. The van der Waals surface area contributed by atoms with Gasteiger partial charge in [-0.05, 0) is 39.0 Å². The Morgan fingerprint density at radius 1 is 1.26 bits per heavy atom. The second-order valence-electron chi connectivity index (χ2n) is 10.1. The summed E-state index contributed by atoms with van der Waals surface area (Å²) in [6, 6.07) is 3.70. The molecule has 2 aliphatic rings. The van der Waals surface area contributed by atoms with Gasteiger partial charge in [0.05, 0.1) is 21.3 Å². The number of piperazine rings is 1. The van der Waals surface area contributed by atoms with E-state index in [2.05, 4.69) is 10.3 Å². The standard InChI is InChI=1S/C25H25ClF2N4O5S/c1-25(2,3)37-23(33)30-22-29-19-14(4-5-15(27)21(19)38-22)17-16(28)8-12-9-31-6-7-32(24(34)35)10-13(31)11-36-20(12)18(17)26/h4-5,8,13H,6-7,9-11H2,1-3H3,(H,34,35)(H,29,30,33)/t13-/m0/s1. The van der Waals surface area contributed by atoms with Crippen LogP contribution >= 0.6 is 22.9 Å². The van der Waals surface area contributed by atoms with Gasteiger partial charge >= 0.3 is 12.2 Å². The molecule has 1 fully saturated rings. The Morgan fingerprint density at radius 3 is 2.74 bits per heavy atom. The Morgan fingerprint density at radius 2 is 2.03 bits per heavy atom. The number of hydrogen-bond donors (Lipinski definition) is 2. The fourth-order valence-corrected chi connectivity index (χ4v) is 5.87. The first-order valence-corrected chi connectivity index (χ1v) is 13.1. The van der Waals surface area contributed by atoms with Crippen molar-refractivity contribution < 1.29 is 33.0 Å². The van der Waals surface area contributed by atoms with Crippen molar-refractivity contribution in [3.05, 3.63) is 40.4 Å². The fraction of sp³-hybridized carbons (Fsp3) is 0.400. The predicted octanol–water partition coefficient (Wildman–Crippen LogP) is 5.80. The Balaban J connectivity index is 1.51. The van der Waals surface area contributed by atoms with Crippen LogP contribution in [0.4, 0.5) is 23.5 Å².